The second-order valence-electron chi connectivity index (χ2n) is 4.06. The summed E-state index contributed by atoms with van der Waals surface area (Å²) in [5, 5.41) is 15.4. The molecular weight excluding hydrogens is 295 g/mol. The zero-order valence-corrected chi connectivity index (χ0v) is 11.3. The summed E-state index contributed by atoms with van der Waals surface area (Å²) in [6, 6.07) is 1.03. The van der Waals surface area contributed by atoms with Gasteiger partial charge in [0.15, 0.2) is 5.82 Å². The molecule has 8 nitrogen and oxygen atoms in total. The number of halogens is 1. The molecule has 0 aliphatic carbocycles. The van der Waals surface area contributed by atoms with E-state index in [1.54, 1.807) is 0 Å². The number of nitrogens with two attached hydrogens (primary N) is 1. The smallest absolute Gasteiger partial charge is 0.341 e. The fourth-order valence-corrected chi connectivity index (χ4v) is 1.97. The maximum Gasteiger partial charge on any atom is 0.341 e. The number of nitro benzene ring substituents is 1. The second-order valence-corrected chi connectivity index (χ2v) is 5.59. The molecule has 0 fully saturated rings. The third kappa shape index (κ3) is 3.48. The van der Waals surface area contributed by atoms with Gasteiger partial charge in [-0.3, -0.25) is 10.1 Å². The van der Waals surface area contributed by atoms with Crippen LogP contribution in [0.1, 0.15) is 24.2 Å². The molecule has 1 rings (SSSR count). The van der Waals surface area contributed by atoms with Gasteiger partial charge in [0.2, 0.25) is 10.0 Å². The van der Waals surface area contributed by atoms with Gasteiger partial charge in [0.1, 0.15) is 10.5 Å². The fourth-order valence-electron chi connectivity index (χ4n) is 1.32. The lowest BCUT2D eigenvalue weighted by molar-refractivity contribution is -0.385. The van der Waals surface area contributed by atoms with Crippen LogP contribution in [0.2, 0.25) is 0 Å². The monoisotopic (exact) mass is 306 g/mol. The lowest BCUT2D eigenvalue weighted by atomic mass is 10.2. The van der Waals surface area contributed by atoms with E-state index in [0.29, 0.717) is 12.1 Å². The van der Waals surface area contributed by atoms with Crippen LogP contribution in [-0.4, -0.2) is 25.4 Å². The number of rotatable bonds is 4. The molecule has 0 aliphatic heterocycles. The molecule has 110 valence electrons. The topological polar surface area (TPSA) is 130 Å². The Balaban J connectivity index is 3.56. The quantitative estimate of drug-likeness (QED) is 0.500. The first-order valence-corrected chi connectivity index (χ1v) is 6.80. The van der Waals surface area contributed by atoms with Gasteiger partial charge in [-0.15, -0.1) is 0 Å². The van der Waals surface area contributed by atoms with Crippen LogP contribution in [0.15, 0.2) is 17.0 Å². The average Bonchev–Trinajstić information content (AvgIpc) is 2.25. The molecule has 0 unspecified atom stereocenters. The highest BCUT2D eigenvalue weighted by Gasteiger charge is 2.27. The summed E-state index contributed by atoms with van der Waals surface area (Å²) in [6.07, 6.45) is -0.612. The van der Waals surface area contributed by atoms with Crippen LogP contribution >= 0.6 is 0 Å². The number of hydrogen-bond donors (Lipinski definition) is 1. The minimum absolute atomic E-state index is 0.441. The van der Waals surface area contributed by atoms with Crippen molar-refractivity contribution in [3.8, 4) is 0 Å². The largest absolute Gasteiger partial charge is 0.459 e. The number of nitrogens with zero attached hydrogens (tertiary/aromatic N) is 1. The summed E-state index contributed by atoms with van der Waals surface area (Å²) in [6.45, 7) is 2.96. The highest BCUT2D eigenvalue weighted by molar-refractivity contribution is 7.89. The van der Waals surface area contributed by atoms with E-state index in [0.717, 1.165) is 0 Å². The molecule has 10 heteroatoms. The van der Waals surface area contributed by atoms with E-state index >= 15 is 0 Å². The number of non-ortho nitro benzene ring substituents is 1. The maximum absolute atomic E-state index is 13.9. The van der Waals surface area contributed by atoms with E-state index in [4.69, 9.17) is 5.14 Å². The summed E-state index contributed by atoms with van der Waals surface area (Å²) >= 11 is 0. The van der Waals surface area contributed by atoms with Crippen molar-refractivity contribution in [2.75, 3.05) is 0 Å². The van der Waals surface area contributed by atoms with Crippen LogP contribution < -0.4 is 5.14 Å². The van der Waals surface area contributed by atoms with Crippen LogP contribution in [0, 0.1) is 15.9 Å². The molecule has 1 aromatic carbocycles. The standard InChI is InChI=1S/C10H11FN2O6S/c1-5(2)19-10(14)7-3-6(13(15)16)4-8(9(7)11)20(12,17)18/h3-5H,1-2H3,(H2,12,17,18). The highest BCUT2D eigenvalue weighted by atomic mass is 32.2. The molecule has 0 radical (unpaired) electrons. The van der Waals surface area contributed by atoms with E-state index in [-0.39, 0.29) is 0 Å². The normalized spacial score (nSPS) is 11.4. The molecule has 2 N–H and O–H groups in total. The van der Waals surface area contributed by atoms with Crippen LogP contribution in [-0.2, 0) is 14.8 Å². The van der Waals surface area contributed by atoms with Gasteiger partial charge in [-0.2, -0.15) is 0 Å². The Morgan fingerprint density at radius 1 is 1.45 bits per heavy atom. The van der Waals surface area contributed by atoms with Gasteiger partial charge in [0.25, 0.3) is 5.69 Å². The SMILES string of the molecule is CC(C)OC(=O)c1cc([N+](=O)[O-])cc(S(N)(=O)=O)c1F. The van der Waals surface area contributed by atoms with Gasteiger partial charge < -0.3 is 4.74 Å². The first kappa shape index (κ1) is 16.0. The Hall–Kier alpha value is -2.07. The molecule has 0 amide bonds. The summed E-state index contributed by atoms with van der Waals surface area (Å²) in [4.78, 5) is 20.2. The summed E-state index contributed by atoms with van der Waals surface area (Å²) in [5.41, 5.74) is -1.65. The first-order chi connectivity index (χ1) is 9.04. The molecule has 20 heavy (non-hydrogen) atoms. The van der Waals surface area contributed by atoms with Crippen LogP contribution in [0.4, 0.5) is 10.1 Å². The van der Waals surface area contributed by atoms with Crippen molar-refractivity contribution in [1.29, 1.82) is 0 Å². The van der Waals surface area contributed by atoms with Crippen LogP contribution in [0.3, 0.4) is 0 Å². The molecule has 0 aromatic heterocycles. The van der Waals surface area contributed by atoms with Crippen molar-refractivity contribution in [3.63, 3.8) is 0 Å². The van der Waals surface area contributed by atoms with Crippen molar-refractivity contribution < 1.29 is 27.3 Å². The van der Waals surface area contributed by atoms with Crippen molar-refractivity contribution in [2.45, 2.75) is 24.8 Å². The molecule has 0 atom stereocenters. The molecule has 0 saturated heterocycles. The Morgan fingerprint density at radius 2 is 2.00 bits per heavy atom. The van der Waals surface area contributed by atoms with Gasteiger partial charge >= 0.3 is 5.97 Å². The number of ether oxygens (including phenoxy) is 1. The molecule has 0 spiro atoms. The Morgan fingerprint density at radius 3 is 2.40 bits per heavy atom. The van der Waals surface area contributed by atoms with E-state index in [9.17, 15) is 27.7 Å². The van der Waals surface area contributed by atoms with E-state index in [2.05, 4.69) is 4.74 Å². The molecule has 1 aromatic rings. The van der Waals surface area contributed by atoms with Crippen LogP contribution in [0.25, 0.3) is 0 Å². The summed E-state index contributed by atoms with van der Waals surface area (Å²) < 4.78 is 41.0. The van der Waals surface area contributed by atoms with Crippen molar-refractivity contribution in [3.05, 3.63) is 33.6 Å². The van der Waals surface area contributed by atoms with Crippen LogP contribution in [0.5, 0.6) is 0 Å². The molecule has 0 aliphatic rings. The van der Waals surface area contributed by atoms with Gasteiger partial charge in [0, 0.05) is 12.1 Å². The number of carbonyl (C=O) groups excluding carboxylic acids is 1. The zero-order valence-electron chi connectivity index (χ0n) is 10.5. The molecular formula is C10H11FN2O6S. The number of primary sulfonamides is 1. The Bertz CT molecular complexity index is 671. The third-order valence-corrected chi connectivity index (χ3v) is 3.01. The first-order valence-electron chi connectivity index (χ1n) is 5.25. The minimum Gasteiger partial charge on any atom is -0.459 e. The number of sulfonamides is 1. The minimum atomic E-state index is -4.56. The summed E-state index contributed by atoms with van der Waals surface area (Å²) in [7, 11) is -4.56. The average molecular weight is 306 g/mol. The van der Waals surface area contributed by atoms with Gasteiger partial charge in [-0.05, 0) is 13.8 Å². The lowest BCUT2D eigenvalue weighted by Crippen LogP contribution is -2.19. The van der Waals surface area contributed by atoms with Gasteiger partial charge in [0.05, 0.1) is 11.0 Å². The number of esters is 1. The zero-order chi connectivity index (χ0) is 15.7. The predicted octanol–water partition coefficient (Wildman–Crippen LogP) is 0.947. The Kier molecular flexibility index (Phi) is 4.40. The summed E-state index contributed by atoms with van der Waals surface area (Å²) in [5.74, 6) is -2.70. The van der Waals surface area contributed by atoms with E-state index < -0.39 is 49.0 Å². The second kappa shape index (κ2) is 5.51. The number of nitro groups is 1. The van der Waals surface area contributed by atoms with Gasteiger partial charge in [-0.25, -0.2) is 22.7 Å². The predicted molar refractivity (Wildman–Crippen MR) is 65.0 cm³/mol. The molecule has 0 heterocycles. The lowest BCUT2D eigenvalue weighted by Gasteiger charge is -2.10. The number of carbonyl (C=O) groups is 1. The fraction of sp³-hybridized carbons (Fsp3) is 0.300. The number of benzene rings is 1. The maximum atomic E-state index is 13.9. The van der Waals surface area contributed by atoms with Crippen molar-refractivity contribution in [2.24, 2.45) is 5.14 Å². The Labute approximate surface area is 113 Å². The van der Waals surface area contributed by atoms with Crippen molar-refractivity contribution >= 4 is 21.7 Å². The van der Waals surface area contributed by atoms with Gasteiger partial charge in [-0.1, -0.05) is 0 Å². The highest BCUT2D eigenvalue weighted by Crippen LogP contribution is 2.25. The van der Waals surface area contributed by atoms with Crippen molar-refractivity contribution in [1.82, 2.24) is 0 Å². The molecule has 0 saturated carbocycles. The molecule has 0 bridgehead atoms. The van der Waals surface area contributed by atoms with E-state index in [1.165, 1.54) is 13.8 Å². The van der Waals surface area contributed by atoms with E-state index in [1.807, 2.05) is 0 Å². The number of hydrogen-bond acceptors (Lipinski definition) is 6. The third-order valence-electron chi connectivity index (χ3n) is 2.10.